The molecule has 1 aliphatic rings. The molecule has 4 heteroatoms. The summed E-state index contributed by atoms with van der Waals surface area (Å²) in [7, 11) is 1.59. The Balaban J connectivity index is 2.17. The van der Waals surface area contributed by atoms with Gasteiger partial charge < -0.3 is 10.2 Å². The number of hydrogen-bond acceptors (Lipinski definition) is 2. The van der Waals surface area contributed by atoms with Gasteiger partial charge in [-0.05, 0) is 55.4 Å². The van der Waals surface area contributed by atoms with E-state index in [1.54, 1.807) is 11.9 Å². The van der Waals surface area contributed by atoms with Gasteiger partial charge in [0.05, 0.1) is 6.54 Å². The van der Waals surface area contributed by atoms with Crippen LogP contribution >= 0.6 is 0 Å². The monoisotopic (exact) mass is 288 g/mol. The molecule has 1 aromatic rings. The number of nitrogens with zero attached hydrogens (tertiary/aromatic N) is 1. The van der Waals surface area contributed by atoms with E-state index in [0.717, 1.165) is 19.3 Å². The van der Waals surface area contributed by atoms with Crippen molar-refractivity contribution in [2.24, 2.45) is 0 Å². The van der Waals surface area contributed by atoms with Crippen molar-refractivity contribution < 1.29 is 9.59 Å². The van der Waals surface area contributed by atoms with Gasteiger partial charge in [0.15, 0.2) is 0 Å². The Kier molecular flexibility index (Phi) is 5.37. The molecule has 0 bridgehead atoms. The van der Waals surface area contributed by atoms with Gasteiger partial charge in [0.1, 0.15) is 0 Å². The quantitative estimate of drug-likeness (QED) is 0.902. The summed E-state index contributed by atoms with van der Waals surface area (Å²) in [5, 5.41) is 2.58. The SMILES string of the molecule is CCCN(CC(=O)NC)C(=O)c1ccc2c(c1)CCCC2. The molecule has 0 saturated heterocycles. The molecule has 0 saturated carbocycles. The molecule has 1 aliphatic carbocycles. The summed E-state index contributed by atoms with van der Waals surface area (Å²) in [6.45, 7) is 2.74. The van der Waals surface area contributed by atoms with Gasteiger partial charge in [0, 0.05) is 19.2 Å². The Labute approximate surface area is 126 Å². The largest absolute Gasteiger partial charge is 0.358 e. The molecule has 0 aromatic heterocycles. The third-order valence-corrected chi connectivity index (χ3v) is 3.99. The molecule has 1 aromatic carbocycles. The molecule has 2 amide bonds. The minimum Gasteiger partial charge on any atom is -0.358 e. The summed E-state index contributed by atoms with van der Waals surface area (Å²) in [5.41, 5.74) is 3.36. The summed E-state index contributed by atoms with van der Waals surface area (Å²) in [5.74, 6) is -0.177. The molecule has 0 aliphatic heterocycles. The van der Waals surface area contributed by atoms with E-state index in [9.17, 15) is 9.59 Å². The Hall–Kier alpha value is -1.84. The first-order chi connectivity index (χ1) is 10.2. The molecule has 0 unspecified atom stereocenters. The average molecular weight is 288 g/mol. The predicted molar refractivity (Wildman–Crippen MR) is 83.3 cm³/mol. The highest BCUT2D eigenvalue weighted by Gasteiger charge is 2.19. The van der Waals surface area contributed by atoms with Gasteiger partial charge in [-0.25, -0.2) is 0 Å². The number of fused-ring (bicyclic) bond motifs is 1. The zero-order valence-corrected chi connectivity index (χ0v) is 12.9. The number of carbonyl (C=O) groups excluding carboxylic acids is 2. The second kappa shape index (κ2) is 7.25. The summed E-state index contributed by atoms with van der Waals surface area (Å²) in [4.78, 5) is 25.8. The van der Waals surface area contributed by atoms with Crippen molar-refractivity contribution in [3.63, 3.8) is 0 Å². The molecule has 21 heavy (non-hydrogen) atoms. The van der Waals surface area contributed by atoms with Crippen molar-refractivity contribution in [1.29, 1.82) is 0 Å². The minimum atomic E-state index is -0.130. The summed E-state index contributed by atoms with van der Waals surface area (Å²) >= 11 is 0. The van der Waals surface area contributed by atoms with Crippen LogP contribution in [0.5, 0.6) is 0 Å². The first-order valence-electron chi connectivity index (χ1n) is 7.77. The molecule has 1 N–H and O–H groups in total. The van der Waals surface area contributed by atoms with Crippen molar-refractivity contribution >= 4 is 11.8 Å². The lowest BCUT2D eigenvalue weighted by atomic mass is 9.90. The van der Waals surface area contributed by atoms with Crippen LogP contribution in [0.3, 0.4) is 0 Å². The number of aryl methyl sites for hydroxylation is 2. The van der Waals surface area contributed by atoms with Crippen LogP contribution in [-0.4, -0.2) is 36.9 Å². The molecule has 0 radical (unpaired) electrons. The first kappa shape index (κ1) is 15.5. The van der Waals surface area contributed by atoms with Gasteiger partial charge >= 0.3 is 0 Å². The molecule has 0 fully saturated rings. The van der Waals surface area contributed by atoms with Gasteiger partial charge in [-0.2, -0.15) is 0 Å². The number of rotatable bonds is 5. The summed E-state index contributed by atoms with van der Waals surface area (Å²) < 4.78 is 0. The fourth-order valence-corrected chi connectivity index (χ4v) is 2.82. The first-order valence-corrected chi connectivity index (χ1v) is 7.77. The summed E-state index contributed by atoms with van der Waals surface area (Å²) in [6.07, 6.45) is 5.44. The second-order valence-corrected chi connectivity index (χ2v) is 5.59. The Morgan fingerprint density at radius 3 is 2.57 bits per heavy atom. The van der Waals surface area contributed by atoms with Crippen LogP contribution in [0.2, 0.25) is 0 Å². The van der Waals surface area contributed by atoms with E-state index in [0.29, 0.717) is 12.1 Å². The number of nitrogens with one attached hydrogen (secondary N) is 1. The maximum Gasteiger partial charge on any atom is 0.254 e. The Morgan fingerprint density at radius 1 is 1.19 bits per heavy atom. The number of benzene rings is 1. The van der Waals surface area contributed by atoms with Crippen LogP contribution in [0.4, 0.5) is 0 Å². The van der Waals surface area contributed by atoms with Crippen LogP contribution in [0.1, 0.15) is 47.7 Å². The van der Waals surface area contributed by atoms with Crippen molar-refractivity contribution in [3.05, 3.63) is 34.9 Å². The van der Waals surface area contributed by atoms with E-state index < -0.39 is 0 Å². The van der Waals surface area contributed by atoms with E-state index in [2.05, 4.69) is 11.4 Å². The Morgan fingerprint density at radius 2 is 1.90 bits per heavy atom. The van der Waals surface area contributed by atoms with Crippen molar-refractivity contribution in [1.82, 2.24) is 10.2 Å². The number of hydrogen-bond donors (Lipinski definition) is 1. The van der Waals surface area contributed by atoms with Gasteiger partial charge in [0.25, 0.3) is 5.91 Å². The van der Waals surface area contributed by atoms with Crippen LogP contribution in [-0.2, 0) is 17.6 Å². The predicted octanol–water partition coefficient (Wildman–Crippen LogP) is 2.16. The lowest BCUT2D eigenvalue weighted by Crippen LogP contribution is -2.40. The summed E-state index contributed by atoms with van der Waals surface area (Å²) in [6, 6.07) is 5.99. The fourth-order valence-electron chi connectivity index (χ4n) is 2.82. The van der Waals surface area contributed by atoms with E-state index in [1.807, 2.05) is 19.1 Å². The topological polar surface area (TPSA) is 49.4 Å². The number of carbonyl (C=O) groups is 2. The van der Waals surface area contributed by atoms with Crippen molar-refractivity contribution in [3.8, 4) is 0 Å². The van der Waals surface area contributed by atoms with E-state index in [-0.39, 0.29) is 18.4 Å². The lowest BCUT2D eigenvalue weighted by Gasteiger charge is -2.23. The van der Waals surface area contributed by atoms with Crippen LogP contribution in [0, 0.1) is 0 Å². The second-order valence-electron chi connectivity index (χ2n) is 5.59. The van der Waals surface area contributed by atoms with Crippen LogP contribution < -0.4 is 5.32 Å². The normalized spacial score (nSPS) is 13.4. The minimum absolute atomic E-state index is 0.0474. The zero-order valence-electron chi connectivity index (χ0n) is 12.9. The standard InChI is InChI=1S/C17H24N2O2/c1-3-10-19(12-16(20)18-2)17(21)15-9-8-13-6-4-5-7-14(13)11-15/h8-9,11H,3-7,10,12H2,1-2H3,(H,18,20). The average Bonchev–Trinajstić information content (AvgIpc) is 2.53. The molecule has 0 spiro atoms. The maximum absolute atomic E-state index is 12.6. The molecule has 0 heterocycles. The molecular weight excluding hydrogens is 264 g/mol. The molecule has 2 rings (SSSR count). The number of amides is 2. The van der Waals surface area contributed by atoms with E-state index in [4.69, 9.17) is 0 Å². The highest BCUT2D eigenvalue weighted by molar-refractivity contribution is 5.96. The van der Waals surface area contributed by atoms with E-state index in [1.165, 1.54) is 24.0 Å². The van der Waals surface area contributed by atoms with Crippen LogP contribution in [0.15, 0.2) is 18.2 Å². The van der Waals surface area contributed by atoms with Gasteiger partial charge in [-0.15, -0.1) is 0 Å². The van der Waals surface area contributed by atoms with Gasteiger partial charge in [-0.3, -0.25) is 9.59 Å². The lowest BCUT2D eigenvalue weighted by molar-refractivity contribution is -0.121. The molecule has 0 atom stereocenters. The maximum atomic E-state index is 12.6. The highest BCUT2D eigenvalue weighted by atomic mass is 16.2. The van der Waals surface area contributed by atoms with Crippen molar-refractivity contribution in [2.45, 2.75) is 39.0 Å². The highest BCUT2D eigenvalue weighted by Crippen LogP contribution is 2.22. The Bertz CT molecular complexity index is 526. The smallest absolute Gasteiger partial charge is 0.254 e. The third kappa shape index (κ3) is 3.84. The fraction of sp³-hybridized carbons (Fsp3) is 0.529. The van der Waals surface area contributed by atoms with Crippen molar-refractivity contribution in [2.75, 3.05) is 20.1 Å². The zero-order chi connectivity index (χ0) is 15.2. The molecule has 114 valence electrons. The van der Waals surface area contributed by atoms with Gasteiger partial charge in [-0.1, -0.05) is 13.0 Å². The molecule has 4 nitrogen and oxygen atoms in total. The van der Waals surface area contributed by atoms with Crippen LogP contribution in [0.25, 0.3) is 0 Å². The van der Waals surface area contributed by atoms with E-state index >= 15 is 0 Å². The molecular formula is C17H24N2O2. The third-order valence-electron chi connectivity index (χ3n) is 3.99. The van der Waals surface area contributed by atoms with Gasteiger partial charge in [0.2, 0.25) is 5.91 Å². The number of likely N-dealkylation sites (N-methyl/N-ethyl adjacent to an activating group) is 1.